The molecular formula is C18H19ClN2O4. The molecule has 2 rings (SSSR count). The highest BCUT2D eigenvalue weighted by Crippen LogP contribution is 2.20. The van der Waals surface area contributed by atoms with Crippen LogP contribution in [0.1, 0.15) is 22.8 Å². The third-order valence-electron chi connectivity index (χ3n) is 3.22. The summed E-state index contributed by atoms with van der Waals surface area (Å²) in [5.74, 6) is 0.176. The summed E-state index contributed by atoms with van der Waals surface area (Å²) in [6, 6.07) is 11.8. The SMILES string of the molecule is CCOc1cccc(C(=O)NNC(=O)COc2ccc(Cl)c(C)c2)c1. The third-order valence-corrected chi connectivity index (χ3v) is 3.65. The predicted molar refractivity (Wildman–Crippen MR) is 94.9 cm³/mol. The maximum atomic E-state index is 12.0. The summed E-state index contributed by atoms with van der Waals surface area (Å²) >= 11 is 5.93. The summed E-state index contributed by atoms with van der Waals surface area (Å²) in [6.45, 7) is 3.96. The second-order valence-electron chi connectivity index (χ2n) is 5.16. The van der Waals surface area contributed by atoms with E-state index in [4.69, 9.17) is 21.1 Å². The molecule has 0 saturated carbocycles. The molecule has 0 radical (unpaired) electrons. The first kappa shape index (κ1) is 18.6. The van der Waals surface area contributed by atoms with Crippen molar-refractivity contribution in [2.75, 3.05) is 13.2 Å². The first-order valence-electron chi connectivity index (χ1n) is 7.70. The van der Waals surface area contributed by atoms with E-state index < -0.39 is 11.8 Å². The molecule has 0 spiro atoms. The minimum atomic E-state index is -0.484. The monoisotopic (exact) mass is 362 g/mol. The summed E-state index contributed by atoms with van der Waals surface area (Å²) in [6.07, 6.45) is 0. The third kappa shape index (κ3) is 5.69. The van der Waals surface area contributed by atoms with Gasteiger partial charge in [0.25, 0.3) is 11.8 Å². The van der Waals surface area contributed by atoms with Crippen molar-refractivity contribution in [3.8, 4) is 11.5 Å². The van der Waals surface area contributed by atoms with Crippen molar-refractivity contribution in [1.29, 1.82) is 0 Å². The summed E-state index contributed by atoms with van der Waals surface area (Å²) in [7, 11) is 0. The number of halogens is 1. The first-order valence-corrected chi connectivity index (χ1v) is 8.08. The maximum absolute atomic E-state index is 12.0. The molecule has 6 nitrogen and oxygen atoms in total. The minimum Gasteiger partial charge on any atom is -0.494 e. The molecular weight excluding hydrogens is 344 g/mol. The van der Waals surface area contributed by atoms with Crippen LogP contribution in [0.2, 0.25) is 5.02 Å². The average molecular weight is 363 g/mol. The van der Waals surface area contributed by atoms with E-state index in [9.17, 15) is 9.59 Å². The normalized spacial score (nSPS) is 10.0. The van der Waals surface area contributed by atoms with Gasteiger partial charge in [-0.25, -0.2) is 0 Å². The lowest BCUT2D eigenvalue weighted by atomic mass is 10.2. The minimum absolute atomic E-state index is 0.236. The van der Waals surface area contributed by atoms with Crippen LogP contribution in [0, 0.1) is 6.92 Å². The van der Waals surface area contributed by atoms with Gasteiger partial charge in [-0.05, 0) is 55.8 Å². The Morgan fingerprint density at radius 1 is 1.04 bits per heavy atom. The highest BCUT2D eigenvalue weighted by molar-refractivity contribution is 6.31. The van der Waals surface area contributed by atoms with Crippen molar-refractivity contribution < 1.29 is 19.1 Å². The number of hydrogen-bond donors (Lipinski definition) is 2. The van der Waals surface area contributed by atoms with Crippen molar-refractivity contribution in [2.24, 2.45) is 0 Å². The quantitative estimate of drug-likeness (QED) is 0.775. The summed E-state index contributed by atoms with van der Waals surface area (Å²) in [5, 5.41) is 0.623. The Bertz CT molecular complexity index is 764. The number of hydrazine groups is 1. The van der Waals surface area contributed by atoms with Crippen LogP contribution in [-0.2, 0) is 4.79 Å². The largest absolute Gasteiger partial charge is 0.494 e. The number of carbonyl (C=O) groups excluding carboxylic acids is 2. The zero-order chi connectivity index (χ0) is 18.2. The van der Waals surface area contributed by atoms with Gasteiger partial charge in [0.1, 0.15) is 11.5 Å². The molecule has 2 aromatic carbocycles. The van der Waals surface area contributed by atoms with Gasteiger partial charge in [-0.1, -0.05) is 17.7 Å². The molecule has 25 heavy (non-hydrogen) atoms. The van der Waals surface area contributed by atoms with Gasteiger partial charge in [0.2, 0.25) is 0 Å². The van der Waals surface area contributed by atoms with Gasteiger partial charge in [0, 0.05) is 10.6 Å². The zero-order valence-corrected chi connectivity index (χ0v) is 14.7. The summed E-state index contributed by atoms with van der Waals surface area (Å²) in [4.78, 5) is 23.8. The van der Waals surface area contributed by atoms with Crippen molar-refractivity contribution >= 4 is 23.4 Å². The molecule has 2 N–H and O–H groups in total. The Balaban J connectivity index is 1.81. The molecule has 0 saturated heterocycles. The van der Waals surface area contributed by atoms with E-state index in [-0.39, 0.29) is 6.61 Å². The second kappa shape index (κ2) is 8.94. The van der Waals surface area contributed by atoms with Gasteiger partial charge in [-0.2, -0.15) is 0 Å². The summed E-state index contributed by atoms with van der Waals surface area (Å²) in [5.41, 5.74) is 5.85. The van der Waals surface area contributed by atoms with Gasteiger partial charge < -0.3 is 9.47 Å². The Morgan fingerprint density at radius 2 is 1.80 bits per heavy atom. The van der Waals surface area contributed by atoms with Gasteiger partial charge in [-0.3, -0.25) is 20.4 Å². The molecule has 0 fully saturated rings. The molecule has 0 heterocycles. The first-order chi connectivity index (χ1) is 12.0. The van der Waals surface area contributed by atoms with Crippen LogP contribution < -0.4 is 20.3 Å². The van der Waals surface area contributed by atoms with Crippen LogP contribution in [0.4, 0.5) is 0 Å². The van der Waals surface area contributed by atoms with Crippen LogP contribution in [0.3, 0.4) is 0 Å². The van der Waals surface area contributed by atoms with E-state index in [1.165, 1.54) is 0 Å². The summed E-state index contributed by atoms with van der Waals surface area (Å²) < 4.78 is 10.7. The zero-order valence-electron chi connectivity index (χ0n) is 14.0. The highest BCUT2D eigenvalue weighted by Gasteiger charge is 2.09. The smallest absolute Gasteiger partial charge is 0.276 e. The van der Waals surface area contributed by atoms with Crippen molar-refractivity contribution in [3.63, 3.8) is 0 Å². The fourth-order valence-corrected chi connectivity index (χ4v) is 2.10. The van der Waals surface area contributed by atoms with E-state index in [1.54, 1.807) is 42.5 Å². The second-order valence-corrected chi connectivity index (χ2v) is 5.57. The Morgan fingerprint density at radius 3 is 2.52 bits per heavy atom. The molecule has 0 atom stereocenters. The molecule has 0 bridgehead atoms. The molecule has 2 amide bonds. The number of rotatable bonds is 6. The van der Waals surface area contributed by atoms with E-state index in [2.05, 4.69) is 10.9 Å². The molecule has 7 heteroatoms. The predicted octanol–water partition coefficient (Wildman–Crippen LogP) is 2.89. The molecule has 0 aliphatic rings. The Kier molecular flexibility index (Phi) is 6.65. The Hall–Kier alpha value is -2.73. The van der Waals surface area contributed by atoms with Gasteiger partial charge in [-0.15, -0.1) is 0 Å². The van der Waals surface area contributed by atoms with Gasteiger partial charge in [0.15, 0.2) is 6.61 Å². The van der Waals surface area contributed by atoms with Gasteiger partial charge in [0.05, 0.1) is 6.61 Å². The molecule has 0 aromatic heterocycles. The molecule has 132 valence electrons. The van der Waals surface area contributed by atoms with E-state index in [0.717, 1.165) is 5.56 Å². The van der Waals surface area contributed by atoms with Crippen LogP contribution in [0.15, 0.2) is 42.5 Å². The fraction of sp³-hybridized carbons (Fsp3) is 0.222. The van der Waals surface area contributed by atoms with Crippen LogP contribution in [-0.4, -0.2) is 25.0 Å². The molecule has 0 aliphatic carbocycles. The lowest BCUT2D eigenvalue weighted by molar-refractivity contribution is -0.123. The molecule has 0 aliphatic heterocycles. The number of nitrogens with one attached hydrogen (secondary N) is 2. The molecule has 2 aromatic rings. The Labute approximate surface area is 151 Å². The van der Waals surface area contributed by atoms with Crippen molar-refractivity contribution in [3.05, 3.63) is 58.6 Å². The number of aryl methyl sites for hydroxylation is 1. The lowest BCUT2D eigenvalue weighted by Gasteiger charge is -2.10. The molecule has 0 unspecified atom stereocenters. The van der Waals surface area contributed by atoms with E-state index >= 15 is 0 Å². The lowest BCUT2D eigenvalue weighted by Crippen LogP contribution is -2.43. The van der Waals surface area contributed by atoms with Crippen LogP contribution >= 0.6 is 11.6 Å². The van der Waals surface area contributed by atoms with Crippen molar-refractivity contribution in [2.45, 2.75) is 13.8 Å². The highest BCUT2D eigenvalue weighted by atomic mass is 35.5. The fourth-order valence-electron chi connectivity index (χ4n) is 1.98. The van der Waals surface area contributed by atoms with E-state index in [1.807, 2.05) is 13.8 Å². The number of hydrogen-bond acceptors (Lipinski definition) is 4. The number of benzene rings is 2. The number of carbonyl (C=O) groups is 2. The van der Waals surface area contributed by atoms with Crippen LogP contribution in [0.5, 0.6) is 11.5 Å². The number of ether oxygens (including phenoxy) is 2. The average Bonchev–Trinajstić information content (AvgIpc) is 2.61. The van der Waals surface area contributed by atoms with Crippen molar-refractivity contribution in [1.82, 2.24) is 10.9 Å². The van der Waals surface area contributed by atoms with Crippen LogP contribution in [0.25, 0.3) is 0 Å². The standard InChI is InChI=1S/C18H19ClN2O4/c1-3-24-14-6-4-5-13(10-14)18(23)21-20-17(22)11-25-15-7-8-16(19)12(2)9-15/h4-10H,3,11H2,1-2H3,(H,20,22)(H,21,23). The number of amides is 2. The topological polar surface area (TPSA) is 76.7 Å². The maximum Gasteiger partial charge on any atom is 0.276 e. The van der Waals surface area contributed by atoms with Gasteiger partial charge >= 0.3 is 0 Å². The van der Waals surface area contributed by atoms with E-state index in [0.29, 0.717) is 28.7 Å².